The van der Waals surface area contributed by atoms with E-state index in [9.17, 15) is 0 Å². The molecule has 2 aromatic heterocycles. The van der Waals surface area contributed by atoms with Crippen molar-refractivity contribution in [3.8, 4) is 5.95 Å². The van der Waals surface area contributed by atoms with Gasteiger partial charge >= 0.3 is 0 Å². The standard InChI is InChI=1S/C10H16N8O/c1-2-17(4-3-5-19)9-14-8(11)15-10(16-9)18-7-12-6-13-18/h6-7,19H,2-5H2,1H3,(H2,11,14,15,16). The Morgan fingerprint density at radius 1 is 1.37 bits per heavy atom. The van der Waals surface area contributed by atoms with E-state index in [1.54, 1.807) is 0 Å². The van der Waals surface area contributed by atoms with Gasteiger partial charge in [-0.05, 0) is 13.3 Å². The van der Waals surface area contributed by atoms with Crippen LogP contribution in [0.15, 0.2) is 12.7 Å². The Hall–Kier alpha value is -2.29. The molecule has 0 spiro atoms. The van der Waals surface area contributed by atoms with Gasteiger partial charge in [-0.2, -0.15) is 24.7 Å². The van der Waals surface area contributed by atoms with E-state index in [4.69, 9.17) is 10.8 Å². The normalized spacial score (nSPS) is 10.6. The van der Waals surface area contributed by atoms with Crippen molar-refractivity contribution < 1.29 is 5.11 Å². The fraction of sp³-hybridized carbons (Fsp3) is 0.500. The molecule has 2 heterocycles. The summed E-state index contributed by atoms with van der Waals surface area (Å²) in [4.78, 5) is 18.2. The van der Waals surface area contributed by atoms with Crippen LogP contribution in [-0.2, 0) is 0 Å². The monoisotopic (exact) mass is 264 g/mol. The molecule has 3 N–H and O–H groups in total. The largest absolute Gasteiger partial charge is 0.396 e. The van der Waals surface area contributed by atoms with E-state index >= 15 is 0 Å². The Labute approximate surface area is 110 Å². The molecule has 0 amide bonds. The van der Waals surface area contributed by atoms with Gasteiger partial charge in [-0.3, -0.25) is 0 Å². The van der Waals surface area contributed by atoms with E-state index < -0.39 is 0 Å². The van der Waals surface area contributed by atoms with Crippen LogP contribution in [0.2, 0.25) is 0 Å². The summed E-state index contributed by atoms with van der Waals surface area (Å²) in [6.07, 6.45) is 3.52. The average molecular weight is 264 g/mol. The molecular weight excluding hydrogens is 248 g/mol. The van der Waals surface area contributed by atoms with Gasteiger partial charge in [0.1, 0.15) is 12.7 Å². The summed E-state index contributed by atoms with van der Waals surface area (Å²) in [7, 11) is 0. The molecule has 0 aromatic carbocycles. The van der Waals surface area contributed by atoms with E-state index in [-0.39, 0.29) is 12.6 Å². The zero-order valence-corrected chi connectivity index (χ0v) is 10.6. The van der Waals surface area contributed by atoms with Gasteiger partial charge in [0.15, 0.2) is 0 Å². The number of hydrogen-bond donors (Lipinski definition) is 2. The molecule has 0 radical (unpaired) electrons. The number of nitrogens with zero attached hydrogens (tertiary/aromatic N) is 7. The average Bonchev–Trinajstić information content (AvgIpc) is 2.93. The van der Waals surface area contributed by atoms with Crippen molar-refractivity contribution in [1.29, 1.82) is 0 Å². The summed E-state index contributed by atoms with van der Waals surface area (Å²) in [6.45, 7) is 3.45. The molecule has 2 rings (SSSR count). The molecule has 0 aliphatic rings. The topological polar surface area (TPSA) is 119 Å². The fourth-order valence-corrected chi connectivity index (χ4v) is 1.59. The predicted molar refractivity (Wildman–Crippen MR) is 68.7 cm³/mol. The van der Waals surface area contributed by atoms with Gasteiger partial charge in [0.05, 0.1) is 0 Å². The third kappa shape index (κ3) is 3.13. The van der Waals surface area contributed by atoms with E-state index in [1.165, 1.54) is 17.3 Å². The van der Waals surface area contributed by atoms with Crippen molar-refractivity contribution in [3.05, 3.63) is 12.7 Å². The second kappa shape index (κ2) is 6.05. The number of nitrogen functional groups attached to an aromatic ring is 1. The number of hydrogen-bond acceptors (Lipinski definition) is 8. The van der Waals surface area contributed by atoms with Gasteiger partial charge < -0.3 is 15.7 Å². The fourth-order valence-electron chi connectivity index (χ4n) is 1.59. The Morgan fingerprint density at radius 3 is 2.84 bits per heavy atom. The highest BCUT2D eigenvalue weighted by molar-refractivity contribution is 5.37. The van der Waals surface area contributed by atoms with Gasteiger partial charge in [-0.1, -0.05) is 0 Å². The Bertz CT molecular complexity index is 514. The number of anilines is 2. The zero-order valence-electron chi connectivity index (χ0n) is 10.6. The van der Waals surface area contributed by atoms with Crippen molar-refractivity contribution >= 4 is 11.9 Å². The van der Waals surface area contributed by atoms with Crippen LogP contribution in [0.1, 0.15) is 13.3 Å². The van der Waals surface area contributed by atoms with E-state index in [0.29, 0.717) is 31.4 Å². The quantitative estimate of drug-likeness (QED) is 0.699. The minimum absolute atomic E-state index is 0.118. The lowest BCUT2D eigenvalue weighted by molar-refractivity contribution is 0.289. The second-order valence-corrected chi connectivity index (χ2v) is 3.79. The van der Waals surface area contributed by atoms with Crippen LogP contribution in [0.25, 0.3) is 5.95 Å². The Morgan fingerprint density at radius 2 is 2.21 bits per heavy atom. The molecule has 0 aliphatic heterocycles. The first kappa shape index (κ1) is 13.1. The van der Waals surface area contributed by atoms with Crippen LogP contribution in [-0.4, -0.2) is 54.5 Å². The highest BCUT2D eigenvalue weighted by Gasteiger charge is 2.12. The SMILES string of the molecule is CCN(CCCO)c1nc(N)nc(-n2cncn2)n1. The van der Waals surface area contributed by atoms with Crippen LogP contribution < -0.4 is 10.6 Å². The summed E-state index contributed by atoms with van der Waals surface area (Å²) >= 11 is 0. The smallest absolute Gasteiger partial charge is 0.258 e. The maximum atomic E-state index is 8.89. The highest BCUT2D eigenvalue weighted by atomic mass is 16.3. The number of aliphatic hydroxyl groups is 1. The van der Waals surface area contributed by atoms with Crippen LogP contribution in [0, 0.1) is 0 Å². The van der Waals surface area contributed by atoms with Crippen molar-refractivity contribution in [2.24, 2.45) is 0 Å². The third-order valence-corrected chi connectivity index (χ3v) is 2.50. The molecule has 0 saturated carbocycles. The maximum Gasteiger partial charge on any atom is 0.258 e. The zero-order chi connectivity index (χ0) is 13.7. The summed E-state index contributed by atoms with van der Waals surface area (Å²) in [5.41, 5.74) is 5.69. The molecule has 0 aliphatic carbocycles. The lowest BCUT2D eigenvalue weighted by Gasteiger charge is -2.20. The first-order valence-electron chi connectivity index (χ1n) is 5.97. The van der Waals surface area contributed by atoms with Gasteiger partial charge in [0.2, 0.25) is 11.9 Å². The Balaban J connectivity index is 2.30. The van der Waals surface area contributed by atoms with E-state index in [2.05, 4.69) is 25.0 Å². The molecule has 19 heavy (non-hydrogen) atoms. The number of aromatic nitrogens is 6. The number of nitrogens with two attached hydrogens (primary N) is 1. The van der Waals surface area contributed by atoms with Crippen molar-refractivity contribution in [2.75, 3.05) is 30.3 Å². The first-order valence-corrected chi connectivity index (χ1v) is 5.97. The van der Waals surface area contributed by atoms with E-state index in [1.807, 2.05) is 11.8 Å². The second-order valence-electron chi connectivity index (χ2n) is 3.79. The van der Waals surface area contributed by atoms with Gasteiger partial charge in [0, 0.05) is 19.7 Å². The third-order valence-electron chi connectivity index (χ3n) is 2.50. The molecule has 9 heteroatoms. The van der Waals surface area contributed by atoms with E-state index in [0.717, 1.165) is 0 Å². The molecule has 0 atom stereocenters. The minimum Gasteiger partial charge on any atom is -0.396 e. The lowest BCUT2D eigenvalue weighted by Crippen LogP contribution is -2.27. The van der Waals surface area contributed by atoms with Crippen LogP contribution in [0.5, 0.6) is 0 Å². The predicted octanol–water partition coefficient (Wildman–Crippen LogP) is -0.757. The van der Waals surface area contributed by atoms with Crippen molar-refractivity contribution in [3.63, 3.8) is 0 Å². The molecule has 0 fully saturated rings. The van der Waals surface area contributed by atoms with Gasteiger partial charge in [-0.25, -0.2) is 4.98 Å². The summed E-state index contributed by atoms with van der Waals surface area (Å²) in [6, 6.07) is 0. The minimum atomic E-state index is 0.118. The number of rotatable bonds is 6. The maximum absolute atomic E-state index is 8.89. The molecule has 2 aromatic rings. The molecule has 102 valence electrons. The first-order chi connectivity index (χ1) is 9.24. The summed E-state index contributed by atoms with van der Waals surface area (Å²) in [5.74, 6) is 0.911. The highest BCUT2D eigenvalue weighted by Crippen LogP contribution is 2.11. The van der Waals surface area contributed by atoms with Gasteiger partial charge in [0.25, 0.3) is 5.95 Å². The Kier molecular flexibility index (Phi) is 4.18. The summed E-state index contributed by atoms with van der Waals surface area (Å²) < 4.78 is 1.42. The molecule has 0 saturated heterocycles. The van der Waals surface area contributed by atoms with Crippen LogP contribution in [0.3, 0.4) is 0 Å². The lowest BCUT2D eigenvalue weighted by atomic mass is 10.4. The van der Waals surface area contributed by atoms with Crippen LogP contribution >= 0.6 is 0 Å². The summed E-state index contributed by atoms with van der Waals surface area (Å²) in [5, 5.41) is 12.8. The van der Waals surface area contributed by atoms with Gasteiger partial charge in [-0.15, -0.1) is 0 Å². The number of aliphatic hydroxyl groups excluding tert-OH is 1. The molecular formula is C10H16N8O. The van der Waals surface area contributed by atoms with Crippen molar-refractivity contribution in [2.45, 2.75) is 13.3 Å². The van der Waals surface area contributed by atoms with Crippen molar-refractivity contribution in [1.82, 2.24) is 29.7 Å². The molecule has 0 unspecified atom stereocenters. The molecule has 9 nitrogen and oxygen atoms in total. The van der Waals surface area contributed by atoms with Crippen LogP contribution in [0.4, 0.5) is 11.9 Å². The molecule has 0 bridgehead atoms.